The summed E-state index contributed by atoms with van der Waals surface area (Å²) in [5.41, 5.74) is 2.01. The normalized spacial score (nSPS) is 11.5. The van der Waals surface area contributed by atoms with Crippen LogP contribution in [0.2, 0.25) is 0 Å². The van der Waals surface area contributed by atoms with Gasteiger partial charge < -0.3 is 19.5 Å². The number of hydrogen-bond donors (Lipinski definition) is 1. The molecule has 0 bridgehead atoms. The van der Waals surface area contributed by atoms with E-state index in [1.165, 1.54) is 5.56 Å². The first kappa shape index (κ1) is 18.6. The van der Waals surface area contributed by atoms with Crippen molar-refractivity contribution in [2.45, 2.75) is 19.3 Å². The van der Waals surface area contributed by atoms with E-state index in [0.29, 0.717) is 23.8 Å². The molecule has 0 radical (unpaired) electrons. The van der Waals surface area contributed by atoms with Crippen molar-refractivity contribution in [3.05, 3.63) is 53.6 Å². The largest absolute Gasteiger partial charge is 0.493 e. The molecule has 0 aliphatic carbocycles. The Kier molecular flexibility index (Phi) is 6.69. The maximum atomic E-state index is 12.3. The molecule has 0 saturated carbocycles. The first-order valence-electron chi connectivity index (χ1n) is 8.19. The van der Waals surface area contributed by atoms with Crippen molar-refractivity contribution in [2.75, 3.05) is 27.9 Å². The number of benzene rings is 2. The van der Waals surface area contributed by atoms with Crippen LogP contribution in [0.1, 0.15) is 24.0 Å². The molecule has 1 atom stereocenters. The van der Waals surface area contributed by atoms with Gasteiger partial charge in [0.2, 0.25) is 11.7 Å². The van der Waals surface area contributed by atoms with Gasteiger partial charge >= 0.3 is 0 Å². The van der Waals surface area contributed by atoms with Crippen LogP contribution in [-0.2, 0) is 11.2 Å². The van der Waals surface area contributed by atoms with Gasteiger partial charge in [0.1, 0.15) is 0 Å². The van der Waals surface area contributed by atoms with E-state index in [0.717, 1.165) is 5.56 Å². The molecule has 0 aromatic heterocycles. The van der Waals surface area contributed by atoms with E-state index in [1.54, 1.807) is 33.5 Å². The second kappa shape index (κ2) is 8.97. The molecule has 5 heteroatoms. The second-order valence-electron chi connectivity index (χ2n) is 5.83. The number of ether oxygens (including phenoxy) is 3. The molecule has 0 saturated heterocycles. The molecule has 0 spiro atoms. The third-order valence-electron chi connectivity index (χ3n) is 4.06. The van der Waals surface area contributed by atoms with E-state index in [2.05, 4.69) is 24.4 Å². The number of carbonyl (C=O) groups excluding carboxylic acids is 1. The summed E-state index contributed by atoms with van der Waals surface area (Å²) in [5, 5.41) is 2.98. The van der Waals surface area contributed by atoms with E-state index < -0.39 is 0 Å². The third-order valence-corrected chi connectivity index (χ3v) is 4.06. The number of hydrogen-bond acceptors (Lipinski definition) is 4. The fraction of sp³-hybridized carbons (Fsp3) is 0.350. The molecule has 1 unspecified atom stereocenters. The summed E-state index contributed by atoms with van der Waals surface area (Å²) in [6.45, 7) is 2.68. The fourth-order valence-electron chi connectivity index (χ4n) is 2.65. The number of amides is 1. The van der Waals surface area contributed by atoms with Crippen LogP contribution in [0.4, 0.5) is 0 Å². The predicted octanol–water partition coefficient (Wildman–Crippen LogP) is 3.17. The zero-order valence-electron chi connectivity index (χ0n) is 15.2. The van der Waals surface area contributed by atoms with Crippen LogP contribution >= 0.6 is 0 Å². The van der Waals surface area contributed by atoms with Crippen LogP contribution < -0.4 is 19.5 Å². The summed E-state index contributed by atoms with van der Waals surface area (Å²) < 4.78 is 15.9. The Morgan fingerprint density at radius 1 is 1.00 bits per heavy atom. The number of methoxy groups -OCH3 is 3. The summed E-state index contributed by atoms with van der Waals surface area (Å²) in [5.74, 6) is 1.82. The fourth-order valence-corrected chi connectivity index (χ4v) is 2.65. The maximum Gasteiger partial charge on any atom is 0.224 e. The molecule has 2 aromatic carbocycles. The highest BCUT2D eigenvalue weighted by atomic mass is 16.5. The molecule has 2 aromatic rings. The Labute approximate surface area is 148 Å². The van der Waals surface area contributed by atoms with E-state index in [9.17, 15) is 4.79 Å². The summed E-state index contributed by atoms with van der Waals surface area (Å²) in [6.07, 6.45) is 0.248. The summed E-state index contributed by atoms with van der Waals surface area (Å²) in [6, 6.07) is 13.7. The monoisotopic (exact) mass is 343 g/mol. The molecule has 25 heavy (non-hydrogen) atoms. The average molecular weight is 343 g/mol. The molecular weight excluding hydrogens is 318 g/mol. The van der Waals surface area contributed by atoms with Crippen molar-refractivity contribution in [2.24, 2.45) is 0 Å². The molecule has 134 valence electrons. The van der Waals surface area contributed by atoms with Gasteiger partial charge in [-0.15, -0.1) is 0 Å². The summed E-state index contributed by atoms with van der Waals surface area (Å²) >= 11 is 0. The van der Waals surface area contributed by atoms with Crippen LogP contribution in [0.5, 0.6) is 17.2 Å². The highest BCUT2D eigenvalue weighted by molar-refractivity contribution is 5.79. The number of carbonyl (C=O) groups is 1. The van der Waals surface area contributed by atoms with E-state index in [4.69, 9.17) is 14.2 Å². The Morgan fingerprint density at radius 3 is 2.12 bits per heavy atom. The lowest BCUT2D eigenvalue weighted by atomic mass is 10.0. The molecule has 0 aliphatic heterocycles. The van der Waals surface area contributed by atoms with Crippen molar-refractivity contribution in [3.8, 4) is 17.2 Å². The Balaban J connectivity index is 2.00. The van der Waals surface area contributed by atoms with Gasteiger partial charge in [-0.3, -0.25) is 4.79 Å². The van der Waals surface area contributed by atoms with Crippen LogP contribution in [0, 0.1) is 0 Å². The molecule has 5 nitrogen and oxygen atoms in total. The van der Waals surface area contributed by atoms with Crippen molar-refractivity contribution in [1.82, 2.24) is 5.32 Å². The molecule has 2 rings (SSSR count). The predicted molar refractivity (Wildman–Crippen MR) is 97.7 cm³/mol. The van der Waals surface area contributed by atoms with Gasteiger partial charge in [-0.2, -0.15) is 0 Å². The SMILES string of the molecule is COc1cc(CC(=O)NCC(C)c2ccccc2)cc(OC)c1OC. The van der Waals surface area contributed by atoms with Gasteiger partial charge in [0.15, 0.2) is 11.5 Å². The van der Waals surface area contributed by atoms with Gasteiger partial charge in [-0.1, -0.05) is 37.3 Å². The van der Waals surface area contributed by atoms with E-state index in [-0.39, 0.29) is 18.2 Å². The topological polar surface area (TPSA) is 56.8 Å². The minimum absolute atomic E-state index is 0.0444. The summed E-state index contributed by atoms with van der Waals surface area (Å²) in [7, 11) is 4.67. The van der Waals surface area contributed by atoms with Crippen LogP contribution in [-0.4, -0.2) is 33.8 Å². The molecule has 1 N–H and O–H groups in total. The Hall–Kier alpha value is -2.69. The summed E-state index contributed by atoms with van der Waals surface area (Å²) in [4.78, 5) is 12.3. The lowest BCUT2D eigenvalue weighted by molar-refractivity contribution is -0.120. The zero-order chi connectivity index (χ0) is 18.2. The minimum Gasteiger partial charge on any atom is -0.493 e. The molecule has 1 amide bonds. The van der Waals surface area contributed by atoms with Gasteiger partial charge in [-0.05, 0) is 29.2 Å². The minimum atomic E-state index is -0.0444. The Bertz CT molecular complexity index is 675. The highest BCUT2D eigenvalue weighted by Crippen LogP contribution is 2.38. The second-order valence-corrected chi connectivity index (χ2v) is 5.83. The smallest absolute Gasteiger partial charge is 0.224 e. The number of rotatable bonds is 8. The maximum absolute atomic E-state index is 12.3. The van der Waals surface area contributed by atoms with Gasteiger partial charge in [0.05, 0.1) is 27.8 Å². The number of nitrogens with one attached hydrogen (secondary N) is 1. The Morgan fingerprint density at radius 2 is 1.60 bits per heavy atom. The van der Waals surface area contributed by atoms with E-state index in [1.807, 2.05) is 18.2 Å². The molecule has 0 heterocycles. The van der Waals surface area contributed by atoms with Gasteiger partial charge in [-0.25, -0.2) is 0 Å². The quantitative estimate of drug-likeness (QED) is 0.800. The van der Waals surface area contributed by atoms with Crippen LogP contribution in [0.25, 0.3) is 0 Å². The van der Waals surface area contributed by atoms with Crippen molar-refractivity contribution in [1.29, 1.82) is 0 Å². The first-order chi connectivity index (χ1) is 12.1. The standard InChI is InChI=1S/C20H25NO4/c1-14(16-8-6-5-7-9-16)13-21-19(22)12-15-10-17(23-2)20(25-4)18(11-15)24-3/h5-11,14H,12-13H2,1-4H3,(H,21,22). The molecular formula is C20H25NO4. The zero-order valence-corrected chi connectivity index (χ0v) is 15.2. The van der Waals surface area contributed by atoms with Crippen LogP contribution in [0.15, 0.2) is 42.5 Å². The average Bonchev–Trinajstić information content (AvgIpc) is 2.65. The highest BCUT2D eigenvalue weighted by Gasteiger charge is 2.15. The van der Waals surface area contributed by atoms with Crippen LogP contribution in [0.3, 0.4) is 0 Å². The van der Waals surface area contributed by atoms with Crippen molar-refractivity contribution in [3.63, 3.8) is 0 Å². The van der Waals surface area contributed by atoms with Gasteiger partial charge in [0.25, 0.3) is 0 Å². The molecule has 0 aliphatic rings. The lowest BCUT2D eigenvalue weighted by Crippen LogP contribution is -2.28. The molecule has 0 fully saturated rings. The lowest BCUT2D eigenvalue weighted by Gasteiger charge is -2.15. The third kappa shape index (κ3) is 4.89. The van der Waals surface area contributed by atoms with Crippen molar-refractivity contribution >= 4 is 5.91 Å². The van der Waals surface area contributed by atoms with E-state index >= 15 is 0 Å². The van der Waals surface area contributed by atoms with Crippen molar-refractivity contribution < 1.29 is 19.0 Å². The van der Waals surface area contributed by atoms with Gasteiger partial charge in [0, 0.05) is 6.54 Å². The first-order valence-corrected chi connectivity index (χ1v) is 8.19.